The molecule has 0 spiro atoms. The lowest BCUT2D eigenvalue weighted by Crippen LogP contribution is -2.23. The second-order valence-corrected chi connectivity index (χ2v) is 6.69. The lowest BCUT2D eigenvalue weighted by Gasteiger charge is -2.20. The highest BCUT2D eigenvalue weighted by molar-refractivity contribution is 7.98. The average Bonchev–Trinajstić information content (AvgIpc) is 2.65. The minimum Gasteiger partial charge on any atom is -0.357 e. The Morgan fingerprint density at radius 3 is 2.69 bits per heavy atom. The minimum atomic E-state index is -0.262. The fourth-order valence-corrected chi connectivity index (χ4v) is 3.33. The molecule has 2 rings (SSSR count). The number of aromatic nitrogens is 2. The van der Waals surface area contributed by atoms with Crippen molar-refractivity contribution in [1.82, 2.24) is 15.4 Å². The van der Waals surface area contributed by atoms with E-state index in [2.05, 4.69) is 34.2 Å². The van der Waals surface area contributed by atoms with E-state index in [1.807, 2.05) is 25.1 Å². The number of carbonyl (C=O) groups excluding carboxylic acids is 1. The van der Waals surface area contributed by atoms with Gasteiger partial charge in [0.05, 0.1) is 6.61 Å². The Balaban J connectivity index is 2.08. The van der Waals surface area contributed by atoms with Gasteiger partial charge in [-0.25, -0.2) is 15.4 Å². The number of nitrogens with one attached hydrogen (secondary N) is 1. The van der Waals surface area contributed by atoms with E-state index in [1.165, 1.54) is 11.8 Å². The Morgan fingerprint density at radius 2 is 2.00 bits per heavy atom. The predicted molar refractivity (Wildman–Crippen MR) is 106 cm³/mol. The number of nitrogens with zero attached hydrogens (tertiary/aromatic N) is 3. The van der Waals surface area contributed by atoms with Crippen molar-refractivity contribution in [3.8, 4) is 0 Å². The summed E-state index contributed by atoms with van der Waals surface area (Å²) in [4.78, 5) is 27.9. The SMILES string of the molecule is CCONC(=O)c1cccc(CSc2nc(Cl)cc(N(CC)CC)n2)c1. The van der Waals surface area contributed by atoms with Crippen molar-refractivity contribution in [2.75, 3.05) is 24.6 Å². The second-order valence-electron chi connectivity index (χ2n) is 5.36. The van der Waals surface area contributed by atoms with Crippen molar-refractivity contribution in [2.45, 2.75) is 31.7 Å². The fourth-order valence-electron chi connectivity index (χ4n) is 2.31. The first-order valence-corrected chi connectivity index (χ1v) is 9.87. The number of amides is 1. The third-order valence-electron chi connectivity index (χ3n) is 3.61. The molecule has 0 saturated carbocycles. The average molecular weight is 395 g/mol. The highest BCUT2D eigenvalue weighted by Gasteiger charge is 2.10. The fraction of sp³-hybridized carbons (Fsp3) is 0.389. The van der Waals surface area contributed by atoms with Gasteiger partial charge in [0.25, 0.3) is 5.91 Å². The lowest BCUT2D eigenvalue weighted by atomic mass is 10.1. The quantitative estimate of drug-likeness (QED) is 0.300. The van der Waals surface area contributed by atoms with Crippen molar-refractivity contribution in [2.24, 2.45) is 0 Å². The van der Waals surface area contributed by atoms with E-state index < -0.39 is 0 Å². The van der Waals surface area contributed by atoms with Crippen LogP contribution < -0.4 is 10.4 Å². The normalized spacial score (nSPS) is 10.6. The van der Waals surface area contributed by atoms with Crippen LogP contribution in [0.25, 0.3) is 0 Å². The Hall–Kier alpha value is -1.83. The number of hydrogen-bond acceptors (Lipinski definition) is 6. The molecular weight excluding hydrogens is 372 g/mol. The summed E-state index contributed by atoms with van der Waals surface area (Å²) >= 11 is 7.63. The van der Waals surface area contributed by atoms with Crippen LogP contribution >= 0.6 is 23.4 Å². The van der Waals surface area contributed by atoms with Gasteiger partial charge in [0.1, 0.15) is 11.0 Å². The van der Waals surface area contributed by atoms with Crippen LogP contribution in [0.5, 0.6) is 0 Å². The maximum atomic E-state index is 12.0. The zero-order chi connectivity index (χ0) is 18.9. The molecule has 26 heavy (non-hydrogen) atoms. The summed E-state index contributed by atoms with van der Waals surface area (Å²) < 4.78 is 0. The standard InChI is InChI=1S/C18H23ClN4O2S/c1-4-23(5-2)16-11-15(19)20-18(21-16)26-12-13-8-7-9-14(10-13)17(24)22-25-6-3/h7-11H,4-6,12H2,1-3H3,(H,22,24). The lowest BCUT2D eigenvalue weighted by molar-refractivity contribution is 0.0364. The molecule has 0 saturated heterocycles. The van der Waals surface area contributed by atoms with Crippen molar-refractivity contribution in [3.05, 3.63) is 46.6 Å². The molecule has 0 atom stereocenters. The largest absolute Gasteiger partial charge is 0.357 e. The highest BCUT2D eigenvalue weighted by Crippen LogP contribution is 2.24. The van der Waals surface area contributed by atoms with Crippen molar-refractivity contribution < 1.29 is 9.63 Å². The molecule has 0 fully saturated rings. The summed E-state index contributed by atoms with van der Waals surface area (Å²) in [6, 6.07) is 9.16. The summed E-state index contributed by atoms with van der Waals surface area (Å²) in [5.74, 6) is 1.19. The van der Waals surface area contributed by atoms with Crippen molar-refractivity contribution in [3.63, 3.8) is 0 Å². The molecule has 1 aromatic heterocycles. The molecule has 0 aliphatic rings. The summed E-state index contributed by atoms with van der Waals surface area (Å²) in [5.41, 5.74) is 3.94. The molecule has 0 unspecified atom stereocenters. The first kappa shape index (κ1) is 20.5. The zero-order valence-electron chi connectivity index (χ0n) is 15.2. The molecule has 1 aromatic carbocycles. The van der Waals surface area contributed by atoms with Crippen LogP contribution in [0, 0.1) is 0 Å². The number of anilines is 1. The van der Waals surface area contributed by atoms with Gasteiger partial charge in [0, 0.05) is 30.5 Å². The Morgan fingerprint density at radius 1 is 1.23 bits per heavy atom. The van der Waals surface area contributed by atoms with E-state index in [1.54, 1.807) is 12.1 Å². The van der Waals surface area contributed by atoms with E-state index in [0.717, 1.165) is 24.5 Å². The van der Waals surface area contributed by atoms with E-state index >= 15 is 0 Å². The molecule has 0 aliphatic carbocycles. The Kier molecular flexibility index (Phi) is 8.15. The number of carbonyl (C=O) groups is 1. The number of rotatable bonds is 9. The Labute approximate surface area is 163 Å². The summed E-state index contributed by atoms with van der Waals surface area (Å²) in [5, 5.41) is 1.04. The van der Waals surface area contributed by atoms with E-state index in [0.29, 0.717) is 28.2 Å². The molecule has 1 amide bonds. The van der Waals surface area contributed by atoms with Crippen LogP contribution in [0.2, 0.25) is 5.15 Å². The molecule has 0 bridgehead atoms. The topological polar surface area (TPSA) is 67.3 Å². The van der Waals surface area contributed by atoms with Crippen molar-refractivity contribution >= 4 is 35.1 Å². The van der Waals surface area contributed by atoms with Crippen LogP contribution in [-0.4, -0.2) is 35.6 Å². The van der Waals surface area contributed by atoms with Crippen LogP contribution in [-0.2, 0) is 10.6 Å². The Bertz CT molecular complexity index is 741. The molecule has 140 valence electrons. The van der Waals surface area contributed by atoms with Crippen LogP contribution in [0.3, 0.4) is 0 Å². The van der Waals surface area contributed by atoms with Crippen LogP contribution in [0.1, 0.15) is 36.7 Å². The number of benzene rings is 1. The van der Waals surface area contributed by atoms with Gasteiger partial charge < -0.3 is 4.90 Å². The molecule has 2 aromatic rings. The van der Waals surface area contributed by atoms with Crippen LogP contribution in [0.4, 0.5) is 5.82 Å². The van der Waals surface area contributed by atoms with Gasteiger partial charge in [-0.3, -0.25) is 9.63 Å². The number of halogens is 1. The molecule has 6 nitrogen and oxygen atoms in total. The van der Waals surface area contributed by atoms with Gasteiger partial charge in [0.15, 0.2) is 5.16 Å². The molecule has 1 heterocycles. The van der Waals surface area contributed by atoms with Gasteiger partial charge in [-0.2, -0.15) is 0 Å². The van der Waals surface area contributed by atoms with E-state index in [-0.39, 0.29) is 5.91 Å². The minimum absolute atomic E-state index is 0.262. The molecule has 0 radical (unpaired) electrons. The smallest absolute Gasteiger partial charge is 0.274 e. The first-order valence-electron chi connectivity index (χ1n) is 8.50. The van der Waals surface area contributed by atoms with Gasteiger partial charge in [-0.1, -0.05) is 35.5 Å². The summed E-state index contributed by atoms with van der Waals surface area (Å²) in [6.07, 6.45) is 0. The zero-order valence-corrected chi connectivity index (χ0v) is 16.7. The van der Waals surface area contributed by atoms with Gasteiger partial charge in [0.2, 0.25) is 0 Å². The van der Waals surface area contributed by atoms with E-state index in [9.17, 15) is 4.79 Å². The molecule has 0 aliphatic heterocycles. The molecule has 1 N–H and O–H groups in total. The van der Waals surface area contributed by atoms with Crippen LogP contribution in [0.15, 0.2) is 35.5 Å². The maximum Gasteiger partial charge on any atom is 0.274 e. The van der Waals surface area contributed by atoms with Gasteiger partial charge >= 0.3 is 0 Å². The predicted octanol–water partition coefficient (Wildman–Crippen LogP) is 3.95. The molecular formula is C18H23ClN4O2S. The second kappa shape index (κ2) is 10.4. The third kappa shape index (κ3) is 5.86. The van der Waals surface area contributed by atoms with E-state index in [4.69, 9.17) is 16.4 Å². The van der Waals surface area contributed by atoms with Gasteiger partial charge in [-0.05, 0) is 38.5 Å². The third-order valence-corrected chi connectivity index (χ3v) is 4.73. The number of hydrogen-bond donors (Lipinski definition) is 1. The maximum absolute atomic E-state index is 12.0. The number of hydroxylamine groups is 1. The highest BCUT2D eigenvalue weighted by atomic mass is 35.5. The summed E-state index contributed by atoms with van der Waals surface area (Å²) in [6.45, 7) is 8.08. The molecule has 8 heteroatoms. The number of thioether (sulfide) groups is 1. The van der Waals surface area contributed by atoms with Crippen molar-refractivity contribution in [1.29, 1.82) is 0 Å². The first-order chi connectivity index (χ1) is 12.6. The monoisotopic (exact) mass is 394 g/mol. The van der Waals surface area contributed by atoms with Gasteiger partial charge in [-0.15, -0.1) is 0 Å². The summed E-state index contributed by atoms with van der Waals surface area (Å²) in [7, 11) is 0.